The summed E-state index contributed by atoms with van der Waals surface area (Å²) in [6.07, 6.45) is 8.50. The summed E-state index contributed by atoms with van der Waals surface area (Å²) in [6, 6.07) is -3.04. The number of fused-ring (bicyclic) bond motifs is 1. The molecule has 0 bridgehead atoms. The highest BCUT2D eigenvalue weighted by Gasteiger charge is 2.85. The van der Waals surface area contributed by atoms with Gasteiger partial charge in [-0.15, -0.1) is 0 Å². The van der Waals surface area contributed by atoms with Gasteiger partial charge in [-0.2, -0.15) is 0 Å². The molecule has 6 aliphatic rings. The highest BCUT2D eigenvalue weighted by molar-refractivity contribution is 7.91. The summed E-state index contributed by atoms with van der Waals surface area (Å²) in [5.41, 5.74) is -3.24. The molecule has 310 valence electrons. The molecule has 5 amide bonds. The zero-order chi connectivity index (χ0) is 40.7. The van der Waals surface area contributed by atoms with E-state index < -0.39 is 67.5 Å². The maximum absolute atomic E-state index is 15.1. The fourth-order valence-corrected chi connectivity index (χ4v) is 12.2. The average Bonchev–Trinajstić information content (AvgIpc) is 3.90. The van der Waals surface area contributed by atoms with Crippen molar-refractivity contribution in [3.63, 3.8) is 0 Å². The molecule has 2 heterocycles. The van der Waals surface area contributed by atoms with Crippen molar-refractivity contribution in [1.82, 2.24) is 30.5 Å². The van der Waals surface area contributed by atoms with Gasteiger partial charge in [0.05, 0.1) is 11.3 Å². The first-order valence-corrected chi connectivity index (χ1v) is 22.4. The van der Waals surface area contributed by atoms with Gasteiger partial charge in [-0.1, -0.05) is 68.2 Å². The molecule has 55 heavy (non-hydrogen) atoms. The number of hydrogen-bond acceptors (Lipinski definition) is 8. The molecule has 4 N–H and O–H groups in total. The molecular formula is C41H68N6O7S. The molecule has 6 fully saturated rings. The third-order valence-corrected chi connectivity index (χ3v) is 16.7. The number of likely N-dealkylation sites (tertiary alicyclic amines) is 2. The Labute approximate surface area is 329 Å². The number of sulfonamides is 1. The molecule has 14 heteroatoms. The molecule has 0 aromatic carbocycles. The van der Waals surface area contributed by atoms with E-state index in [1.165, 1.54) is 0 Å². The van der Waals surface area contributed by atoms with Gasteiger partial charge in [0.2, 0.25) is 33.7 Å². The minimum atomic E-state index is -3.82. The van der Waals surface area contributed by atoms with E-state index in [1.54, 1.807) is 4.90 Å². The van der Waals surface area contributed by atoms with Gasteiger partial charge in [0, 0.05) is 18.0 Å². The molecule has 0 aromatic rings. The Morgan fingerprint density at radius 1 is 0.727 bits per heavy atom. The molecule has 13 nitrogen and oxygen atoms in total. The van der Waals surface area contributed by atoms with E-state index in [4.69, 9.17) is 0 Å². The molecule has 2 aliphatic heterocycles. The number of nitrogens with zero attached hydrogens (tertiary/aromatic N) is 2. The maximum atomic E-state index is 15.1. The Morgan fingerprint density at radius 3 is 1.80 bits per heavy atom. The number of carbonyl (C=O) groups is 5. The van der Waals surface area contributed by atoms with Crippen molar-refractivity contribution in [1.29, 1.82) is 0 Å². The largest absolute Gasteiger partial charge is 0.342 e. The minimum absolute atomic E-state index is 0.00249. The summed E-state index contributed by atoms with van der Waals surface area (Å²) in [4.78, 5) is 75.2. The highest BCUT2D eigenvalue weighted by atomic mass is 32.2. The molecule has 5 atom stereocenters. The van der Waals surface area contributed by atoms with E-state index in [-0.39, 0.29) is 40.1 Å². The van der Waals surface area contributed by atoms with E-state index in [9.17, 15) is 27.6 Å². The zero-order valence-corrected chi connectivity index (χ0v) is 35.8. The van der Waals surface area contributed by atoms with Gasteiger partial charge in [-0.25, -0.2) is 8.42 Å². The Balaban J connectivity index is 1.26. The fourth-order valence-electron chi connectivity index (χ4n) is 10.8. The van der Waals surface area contributed by atoms with Gasteiger partial charge in [0.25, 0.3) is 5.91 Å². The van der Waals surface area contributed by atoms with Crippen LogP contribution < -0.4 is 20.7 Å². The number of amides is 5. The van der Waals surface area contributed by atoms with Gasteiger partial charge in [0.15, 0.2) is 0 Å². The van der Waals surface area contributed by atoms with E-state index in [0.717, 1.165) is 38.6 Å². The number of hydrogen-bond donors (Lipinski definition) is 4. The molecule has 4 saturated carbocycles. The number of rotatable bonds is 11. The van der Waals surface area contributed by atoms with Gasteiger partial charge < -0.3 is 20.9 Å². The monoisotopic (exact) mass is 788 g/mol. The van der Waals surface area contributed by atoms with Crippen LogP contribution in [0.15, 0.2) is 0 Å². The molecule has 2 spiro atoms. The normalized spacial score (nSPS) is 29.5. The molecule has 4 aliphatic carbocycles. The molecular weight excluding hydrogens is 721 g/mol. The second kappa shape index (κ2) is 14.0. The van der Waals surface area contributed by atoms with Gasteiger partial charge >= 0.3 is 0 Å². The topological polar surface area (TPSA) is 174 Å². The van der Waals surface area contributed by atoms with Crippen molar-refractivity contribution in [2.75, 3.05) is 13.1 Å². The Kier molecular flexibility index (Phi) is 10.6. The number of carbonyl (C=O) groups excluding carboxylic acids is 5. The van der Waals surface area contributed by atoms with Crippen LogP contribution in [0, 0.1) is 27.1 Å². The van der Waals surface area contributed by atoms with Crippen LogP contribution >= 0.6 is 0 Å². The third-order valence-electron chi connectivity index (χ3n) is 14.9. The van der Waals surface area contributed by atoms with E-state index in [1.807, 2.05) is 41.5 Å². The summed E-state index contributed by atoms with van der Waals surface area (Å²) in [6.45, 7) is 21.1. The van der Waals surface area contributed by atoms with Crippen LogP contribution in [-0.2, 0) is 34.0 Å². The Hall–Kier alpha value is -2.74. The lowest BCUT2D eigenvalue weighted by molar-refractivity contribution is -0.146. The fraction of sp³-hybridized carbons (Fsp3) is 0.878. The second-order valence-corrected chi connectivity index (χ2v) is 22.8. The lowest BCUT2D eigenvalue weighted by atomic mass is 9.73. The quantitative estimate of drug-likeness (QED) is 0.245. The maximum Gasteiger partial charge on any atom is 0.259 e. The Morgan fingerprint density at radius 2 is 1.33 bits per heavy atom. The number of piperidine rings is 1. The van der Waals surface area contributed by atoms with Gasteiger partial charge in [-0.05, 0) is 106 Å². The van der Waals surface area contributed by atoms with Crippen LogP contribution in [0.25, 0.3) is 0 Å². The predicted molar refractivity (Wildman–Crippen MR) is 210 cm³/mol. The smallest absolute Gasteiger partial charge is 0.259 e. The van der Waals surface area contributed by atoms with E-state index in [2.05, 4.69) is 53.3 Å². The van der Waals surface area contributed by atoms with Crippen LogP contribution in [0.5, 0.6) is 0 Å². The number of nitrogens with one attached hydrogen (secondary N) is 4. The summed E-state index contributed by atoms with van der Waals surface area (Å²) in [5, 5.41) is 8.53. The Bertz CT molecular complexity index is 1680. The third kappa shape index (κ3) is 7.11. The first kappa shape index (κ1) is 41.9. The summed E-state index contributed by atoms with van der Waals surface area (Å²) in [7, 11) is -3.82. The molecule has 0 radical (unpaired) electrons. The first-order chi connectivity index (χ1) is 25.3. The average molecular weight is 789 g/mol. The minimum Gasteiger partial charge on any atom is -0.342 e. The van der Waals surface area contributed by atoms with E-state index >= 15 is 4.79 Å². The summed E-state index contributed by atoms with van der Waals surface area (Å²) in [5.74, 6) is -2.22. The van der Waals surface area contributed by atoms with Crippen molar-refractivity contribution in [2.24, 2.45) is 27.1 Å². The van der Waals surface area contributed by atoms with Crippen LogP contribution in [0.3, 0.4) is 0 Å². The molecule has 2 saturated heterocycles. The summed E-state index contributed by atoms with van der Waals surface area (Å²) >= 11 is 0. The van der Waals surface area contributed by atoms with Crippen molar-refractivity contribution < 1.29 is 32.4 Å². The van der Waals surface area contributed by atoms with Crippen molar-refractivity contribution in [3.05, 3.63) is 0 Å². The van der Waals surface area contributed by atoms with Crippen molar-refractivity contribution in [3.8, 4) is 0 Å². The van der Waals surface area contributed by atoms with Crippen LogP contribution in [0.4, 0.5) is 0 Å². The molecule has 0 aromatic heterocycles. The van der Waals surface area contributed by atoms with Crippen LogP contribution in [-0.4, -0.2) is 102 Å². The lowest BCUT2D eigenvalue weighted by Crippen LogP contribution is -2.67. The van der Waals surface area contributed by atoms with Crippen LogP contribution in [0.1, 0.15) is 146 Å². The summed E-state index contributed by atoms with van der Waals surface area (Å²) < 4.78 is 27.7. The van der Waals surface area contributed by atoms with Crippen molar-refractivity contribution >= 4 is 39.6 Å². The lowest BCUT2D eigenvalue weighted by Gasteiger charge is -2.42. The van der Waals surface area contributed by atoms with E-state index in [0.29, 0.717) is 51.5 Å². The zero-order valence-electron chi connectivity index (χ0n) is 35.0. The second-order valence-electron chi connectivity index (χ2n) is 20.9. The standard InChI is InChI=1S/C41H68N6O7S/c1-25(2)46-22-12-11-15-27(46)31(48)42-29(36(3,4)5)33(50)43-30(37(6,7)8)34(51)47-24-41(38(9,10)40(41)20-14-21-40)23-28(47)32(49)44-39(18-13-19-39)35(52)45-55(53,54)26-16-17-26/h25-30H,11-24H2,1-10H3,(H,42,48)(H,43,50)(H,44,49)(H,45,52)/t27-,28-,29+,30+,41+/m0/s1. The molecule has 6 rings (SSSR count). The SMILES string of the molecule is CC(C)N1CCCC[C@H]1C(=O)N[C@H](C(=O)N[C@H](C(=O)N1C[C@]2(C[C@H]1C(=O)NC1(C(=O)NS(=O)(=O)C3CC3)CCC1)C(C)(C)C21CCC1)C(C)(C)C)C(C)(C)C. The van der Waals surface area contributed by atoms with Crippen molar-refractivity contribution in [2.45, 2.75) is 187 Å². The first-order valence-electron chi connectivity index (χ1n) is 20.9. The molecule has 0 unspecified atom stereocenters. The van der Waals surface area contributed by atoms with Gasteiger partial charge in [0.1, 0.15) is 23.7 Å². The van der Waals surface area contributed by atoms with Gasteiger partial charge in [-0.3, -0.25) is 33.6 Å². The highest BCUT2D eigenvalue weighted by Crippen LogP contribution is 2.88. The predicted octanol–water partition coefficient (Wildman–Crippen LogP) is 3.76. The van der Waals surface area contributed by atoms with Crippen LogP contribution in [0.2, 0.25) is 0 Å².